The number of carboxylic acid groups (broad SMARTS) is 1. The third-order valence-corrected chi connectivity index (χ3v) is 9.57. The highest BCUT2D eigenvalue weighted by Crippen LogP contribution is 2.43. The number of nitrogens with zero attached hydrogens (tertiary/aromatic N) is 4. The Morgan fingerprint density at radius 1 is 1.27 bits per heavy atom. The number of aromatic nitrogens is 1. The predicted octanol–water partition coefficient (Wildman–Crippen LogP) is 2.52. The average molecular weight is 655 g/mol. The van der Waals surface area contributed by atoms with Crippen LogP contribution >= 0.6 is 11.3 Å². The predicted molar refractivity (Wildman–Crippen MR) is 157 cm³/mol. The van der Waals surface area contributed by atoms with E-state index in [-0.39, 0.29) is 42.3 Å². The monoisotopic (exact) mass is 654 g/mol. The first-order chi connectivity index (χ1) is 20.5. The summed E-state index contributed by atoms with van der Waals surface area (Å²) >= 11 is 1.26. The number of likely N-dealkylation sites (tertiary alicyclic amines) is 2. The molecule has 11 nitrogen and oxygen atoms in total. The standard InChI is InChI=1S/C28H33F3N6O5S2/c1-15-16(6-5-7-17(15)29)21-20(25(38)39)18(33-23(34-21)24-32-9-11-43-24)12-37-14-28(30,31)22-19(37)8-10-36(22)13-27(2,3)26(40)35-44(4,41)42/h5-7,9,11,19,21-22H,8,10,12-14H2,1-4H3,(H,33,34)(H,35,40)(H,38,39)/t19?,21-,22?/m0/s1. The Hall–Kier alpha value is -3.34. The van der Waals surface area contributed by atoms with Gasteiger partial charge in [0, 0.05) is 43.0 Å². The van der Waals surface area contributed by atoms with Crippen molar-refractivity contribution in [2.24, 2.45) is 10.4 Å². The second-order valence-corrected chi connectivity index (χ2v) is 14.7. The molecule has 3 atom stereocenters. The Balaban J connectivity index is 1.47. The molecule has 4 heterocycles. The van der Waals surface area contributed by atoms with E-state index in [4.69, 9.17) is 0 Å². The maximum atomic E-state index is 15.7. The first-order valence-electron chi connectivity index (χ1n) is 13.8. The smallest absolute Gasteiger partial charge is 0.335 e. The number of alkyl halides is 2. The highest BCUT2D eigenvalue weighted by molar-refractivity contribution is 7.89. The number of carbonyl (C=O) groups excluding carboxylic acids is 1. The molecular weight excluding hydrogens is 621 g/mol. The van der Waals surface area contributed by atoms with Gasteiger partial charge in [-0.05, 0) is 44.4 Å². The van der Waals surface area contributed by atoms with Crippen molar-refractivity contribution in [1.82, 2.24) is 24.8 Å². The van der Waals surface area contributed by atoms with Crippen molar-refractivity contribution >= 4 is 39.1 Å². The van der Waals surface area contributed by atoms with E-state index in [1.807, 2.05) is 4.72 Å². The number of aliphatic carboxylic acids is 1. The average Bonchev–Trinajstić information content (AvgIpc) is 3.63. The Morgan fingerprint density at radius 3 is 2.64 bits per heavy atom. The van der Waals surface area contributed by atoms with E-state index in [1.165, 1.54) is 54.0 Å². The molecule has 5 rings (SSSR count). The largest absolute Gasteiger partial charge is 0.478 e. The van der Waals surface area contributed by atoms with Crippen molar-refractivity contribution in [3.05, 3.63) is 63.0 Å². The number of benzene rings is 1. The van der Waals surface area contributed by atoms with Crippen LogP contribution in [0.3, 0.4) is 0 Å². The second-order valence-electron chi connectivity index (χ2n) is 12.0. The molecule has 238 valence electrons. The minimum atomic E-state index is -3.84. The van der Waals surface area contributed by atoms with Gasteiger partial charge in [-0.25, -0.2) is 31.4 Å². The van der Waals surface area contributed by atoms with E-state index >= 15 is 8.78 Å². The number of hydrogen-bond donors (Lipinski definition) is 3. The van der Waals surface area contributed by atoms with Crippen LogP contribution in [-0.2, 0) is 19.6 Å². The summed E-state index contributed by atoms with van der Waals surface area (Å²) in [6.07, 6.45) is 2.72. The summed E-state index contributed by atoms with van der Waals surface area (Å²) in [6.45, 7) is 3.79. The van der Waals surface area contributed by atoms with Crippen molar-refractivity contribution in [3.63, 3.8) is 0 Å². The van der Waals surface area contributed by atoms with E-state index in [1.54, 1.807) is 17.6 Å². The molecule has 2 fully saturated rings. The van der Waals surface area contributed by atoms with Gasteiger partial charge in [-0.3, -0.25) is 24.3 Å². The zero-order chi connectivity index (χ0) is 32.2. The van der Waals surface area contributed by atoms with Crippen LogP contribution in [0.25, 0.3) is 0 Å². The topological polar surface area (TPSA) is 144 Å². The maximum Gasteiger partial charge on any atom is 0.335 e. The van der Waals surface area contributed by atoms with Crippen molar-refractivity contribution < 1.29 is 36.3 Å². The fourth-order valence-corrected chi connectivity index (χ4v) is 7.46. The molecule has 0 bridgehead atoms. The number of halogens is 3. The van der Waals surface area contributed by atoms with Crippen LogP contribution in [-0.4, -0.2) is 96.5 Å². The summed E-state index contributed by atoms with van der Waals surface area (Å²) < 4.78 is 71.1. The number of aliphatic imine (C=N–C) groups is 1. The molecule has 0 aliphatic carbocycles. The number of nitrogens with one attached hydrogen (secondary N) is 2. The number of amidine groups is 1. The number of hydrogen-bond acceptors (Lipinski definition) is 10. The molecule has 3 aliphatic rings. The van der Waals surface area contributed by atoms with Gasteiger partial charge in [0.2, 0.25) is 15.9 Å². The van der Waals surface area contributed by atoms with Crippen LogP contribution in [0.5, 0.6) is 0 Å². The molecule has 3 aliphatic heterocycles. The van der Waals surface area contributed by atoms with E-state index in [0.717, 1.165) is 6.26 Å². The van der Waals surface area contributed by atoms with Gasteiger partial charge in [-0.15, -0.1) is 11.3 Å². The number of amides is 1. The number of thiazole rings is 1. The number of rotatable bonds is 9. The molecule has 0 spiro atoms. The molecule has 16 heteroatoms. The molecule has 1 amide bonds. The van der Waals surface area contributed by atoms with Crippen LogP contribution in [0.15, 0.2) is 46.0 Å². The summed E-state index contributed by atoms with van der Waals surface area (Å²) in [7, 11) is -3.84. The highest BCUT2D eigenvalue weighted by Gasteiger charge is 2.60. The number of carboxylic acids is 1. The van der Waals surface area contributed by atoms with Gasteiger partial charge in [-0.1, -0.05) is 12.1 Å². The Morgan fingerprint density at radius 2 is 2.00 bits per heavy atom. The lowest BCUT2D eigenvalue weighted by Gasteiger charge is -2.34. The highest BCUT2D eigenvalue weighted by atomic mass is 32.2. The summed E-state index contributed by atoms with van der Waals surface area (Å²) in [5, 5.41) is 15.6. The van der Waals surface area contributed by atoms with Gasteiger partial charge in [0.15, 0.2) is 10.8 Å². The molecule has 0 radical (unpaired) electrons. The van der Waals surface area contributed by atoms with Gasteiger partial charge in [0.05, 0.1) is 29.8 Å². The van der Waals surface area contributed by atoms with Gasteiger partial charge in [0.25, 0.3) is 5.92 Å². The van der Waals surface area contributed by atoms with Crippen LogP contribution in [0, 0.1) is 18.2 Å². The third-order valence-electron chi connectivity index (χ3n) is 8.23. The van der Waals surface area contributed by atoms with E-state index in [0.29, 0.717) is 17.0 Å². The van der Waals surface area contributed by atoms with Crippen LogP contribution in [0.2, 0.25) is 0 Å². The molecule has 2 unspecified atom stereocenters. The van der Waals surface area contributed by atoms with Gasteiger partial charge in [-0.2, -0.15) is 0 Å². The Kier molecular flexibility index (Phi) is 8.41. The summed E-state index contributed by atoms with van der Waals surface area (Å²) in [5.41, 5.74) is -0.767. The first-order valence-corrected chi connectivity index (χ1v) is 16.6. The molecule has 3 N–H and O–H groups in total. The molecule has 2 aromatic rings. The van der Waals surface area contributed by atoms with Crippen LogP contribution in [0.4, 0.5) is 13.2 Å². The minimum Gasteiger partial charge on any atom is -0.478 e. The fourth-order valence-electron chi connectivity index (χ4n) is 6.26. The van der Waals surface area contributed by atoms with Crippen molar-refractivity contribution in [1.29, 1.82) is 0 Å². The van der Waals surface area contributed by atoms with Crippen molar-refractivity contribution in [3.8, 4) is 0 Å². The molecule has 2 saturated heterocycles. The maximum absolute atomic E-state index is 15.7. The SMILES string of the molecule is Cc1c(F)cccc1[C@@H]1N=C(c2nccs2)NC(CN2CC(F)(F)C3C2CCN3CC(C)(C)C(=O)NS(C)(=O)=O)=C1C(=O)O. The quantitative estimate of drug-likeness (QED) is 0.372. The second kappa shape index (κ2) is 11.5. The van der Waals surface area contributed by atoms with Crippen LogP contribution < -0.4 is 10.0 Å². The molecule has 1 aromatic carbocycles. The molecule has 44 heavy (non-hydrogen) atoms. The normalized spacial score (nSPS) is 24.2. The van der Waals surface area contributed by atoms with E-state index in [9.17, 15) is 27.5 Å². The lowest BCUT2D eigenvalue weighted by molar-refractivity contribution is -0.133. The number of fused-ring (bicyclic) bond motifs is 1. The first kappa shape index (κ1) is 32.1. The Labute approximate surface area is 256 Å². The minimum absolute atomic E-state index is 0.109. The lowest BCUT2D eigenvalue weighted by Crippen LogP contribution is -2.52. The van der Waals surface area contributed by atoms with Gasteiger partial charge >= 0.3 is 5.97 Å². The van der Waals surface area contributed by atoms with Crippen molar-refractivity contribution in [2.45, 2.75) is 51.2 Å². The van der Waals surface area contributed by atoms with E-state index in [2.05, 4.69) is 15.3 Å². The lowest BCUT2D eigenvalue weighted by atomic mass is 9.91. The molecular formula is C28H33F3N6O5S2. The van der Waals surface area contributed by atoms with E-state index < -0.39 is 63.7 Å². The zero-order valence-electron chi connectivity index (χ0n) is 24.5. The summed E-state index contributed by atoms with van der Waals surface area (Å²) in [5.74, 6) is -5.61. The van der Waals surface area contributed by atoms with Gasteiger partial charge < -0.3 is 10.4 Å². The van der Waals surface area contributed by atoms with Gasteiger partial charge in [0.1, 0.15) is 11.9 Å². The molecule has 1 aromatic heterocycles. The van der Waals surface area contributed by atoms with Crippen molar-refractivity contribution in [2.75, 3.05) is 32.4 Å². The van der Waals surface area contributed by atoms with Crippen LogP contribution in [0.1, 0.15) is 42.4 Å². The third kappa shape index (κ3) is 6.25. The molecule has 0 saturated carbocycles. The summed E-state index contributed by atoms with van der Waals surface area (Å²) in [6, 6.07) is 1.24. The zero-order valence-corrected chi connectivity index (χ0v) is 26.1. The number of sulfonamides is 1. The fraction of sp³-hybridized carbons (Fsp3) is 0.500. The Bertz CT molecular complexity index is 1640. The summed E-state index contributed by atoms with van der Waals surface area (Å²) in [4.78, 5) is 37.3. The number of carbonyl (C=O) groups is 2.